The Kier molecular flexibility index (Phi) is 7.47. The van der Waals surface area contributed by atoms with Crippen LogP contribution in [-0.4, -0.2) is 35.9 Å². The van der Waals surface area contributed by atoms with Gasteiger partial charge in [0.2, 0.25) is 5.91 Å². The third kappa shape index (κ3) is 5.23. The van der Waals surface area contributed by atoms with E-state index >= 15 is 0 Å². The number of hydrogen-bond donors (Lipinski definition) is 3. The molecule has 2 amide bonds. The van der Waals surface area contributed by atoms with Crippen molar-refractivity contribution >= 4 is 34.4 Å². The van der Waals surface area contributed by atoms with Crippen molar-refractivity contribution in [1.82, 2.24) is 10.6 Å². The zero-order valence-corrected chi connectivity index (χ0v) is 15.0. The van der Waals surface area contributed by atoms with E-state index in [0.717, 1.165) is 25.7 Å². The maximum atomic E-state index is 12.2. The lowest BCUT2D eigenvalue weighted by atomic mass is 10.1. The van der Waals surface area contributed by atoms with Crippen molar-refractivity contribution in [2.45, 2.75) is 25.7 Å². The molecule has 1 heterocycles. The molecule has 1 aromatic heterocycles. The highest BCUT2D eigenvalue weighted by atomic mass is 35.5. The highest BCUT2D eigenvalue weighted by Crippen LogP contribution is 2.25. The number of alkyl halides is 1. The van der Waals surface area contributed by atoms with Gasteiger partial charge >= 0.3 is 5.63 Å². The van der Waals surface area contributed by atoms with Crippen LogP contribution in [0.5, 0.6) is 5.75 Å². The Morgan fingerprint density at radius 3 is 2.38 bits per heavy atom. The van der Waals surface area contributed by atoms with Gasteiger partial charge in [0.05, 0.1) is 5.39 Å². The zero-order chi connectivity index (χ0) is 18.9. The van der Waals surface area contributed by atoms with Gasteiger partial charge in [-0.2, -0.15) is 0 Å². The third-order valence-electron chi connectivity index (χ3n) is 3.85. The molecule has 140 valence electrons. The second-order valence-corrected chi connectivity index (χ2v) is 6.03. The largest absolute Gasteiger partial charge is 0.506 e. The number of aromatic hydroxyl groups is 1. The van der Waals surface area contributed by atoms with Crippen LogP contribution >= 0.6 is 11.6 Å². The number of amides is 2. The van der Waals surface area contributed by atoms with Crippen molar-refractivity contribution in [2.24, 2.45) is 0 Å². The Labute approximate surface area is 155 Å². The fourth-order valence-corrected chi connectivity index (χ4v) is 2.60. The summed E-state index contributed by atoms with van der Waals surface area (Å²) >= 11 is 5.37. The molecule has 7 nitrogen and oxygen atoms in total. The zero-order valence-electron chi connectivity index (χ0n) is 14.2. The summed E-state index contributed by atoms with van der Waals surface area (Å²) in [6.45, 7) is 0.947. The van der Waals surface area contributed by atoms with Crippen LogP contribution in [0.1, 0.15) is 36.0 Å². The molecule has 0 fully saturated rings. The summed E-state index contributed by atoms with van der Waals surface area (Å²) in [5, 5.41) is 15.8. The lowest BCUT2D eigenvalue weighted by Crippen LogP contribution is -2.29. The first-order valence-corrected chi connectivity index (χ1v) is 8.93. The standard InChI is InChI=1S/C18H21ClN2O5/c19-11-14(22)20-9-5-1-2-6-10-21-17(24)15-16(23)12-7-3-4-8-13(12)26-18(15)25/h3-4,7-8,23H,1-2,5-6,9-11H2,(H,20,22)(H,21,24). The van der Waals surface area contributed by atoms with E-state index in [-0.39, 0.29) is 28.7 Å². The van der Waals surface area contributed by atoms with E-state index in [4.69, 9.17) is 16.0 Å². The smallest absolute Gasteiger partial charge is 0.353 e. The maximum absolute atomic E-state index is 12.2. The molecule has 3 N–H and O–H groups in total. The average molecular weight is 381 g/mol. The normalized spacial score (nSPS) is 10.7. The van der Waals surface area contributed by atoms with Gasteiger partial charge in [0.25, 0.3) is 5.91 Å². The van der Waals surface area contributed by atoms with E-state index in [1.165, 1.54) is 0 Å². The first kappa shape index (κ1) is 19.8. The van der Waals surface area contributed by atoms with Crippen LogP contribution in [0.4, 0.5) is 0 Å². The van der Waals surface area contributed by atoms with Gasteiger partial charge in [-0.25, -0.2) is 4.79 Å². The van der Waals surface area contributed by atoms with Gasteiger partial charge in [0.15, 0.2) is 5.56 Å². The van der Waals surface area contributed by atoms with Crippen molar-refractivity contribution < 1.29 is 19.1 Å². The van der Waals surface area contributed by atoms with Gasteiger partial charge in [0.1, 0.15) is 17.2 Å². The lowest BCUT2D eigenvalue weighted by molar-refractivity contribution is -0.118. The van der Waals surface area contributed by atoms with Crippen molar-refractivity contribution in [3.05, 3.63) is 40.2 Å². The minimum Gasteiger partial charge on any atom is -0.506 e. The first-order chi connectivity index (χ1) is 12.5. The Morgan fingerprint density at radius 1 is 1.04 bits per heavy atom. The van der Waals surface area contributed by atoms with E-state index in [0.29, 0.717) is 18.5 Å². The summed E-state index contributed by atoms with van der Waals surface area (Å²) in [5.41, 5.74) is -1.02. The number of unbranched alkanes of at least 4 members (excludes halogenated alkanes) is 3. The van der Waals surface area contributed by atoms with Crippen LogP contribution in [0.3, 0.4) is 0 Å². The summed E-state index contributed by atoms with van der Waals surface area (Å²) < 4.78 is 5.07. The van der Waals surface area contributed by atoms with Crippen molar-refractivity contribution in [2.75, 3.05) is 19.0 Å². The number of halogens is 1. The topological polar surface area (TPSA) is 109 Å². The number of rotatable bonds is 9. The third-order valence-corrected chi connectivity index (χ3v) is 4.09. The minimum atomic E-state index is -0.867. The van der Waals surface area contributed by atoms with E-state index in [2.05, 4.69) is 10.6 Å². The highest BCUT2D eigenvalue weighted by Gasteiger charge is 2.20. The number of para-hydroxylation sites is 1. The van der Waals surface area contributed by atoms with E-state index < -0.39 is 11.5 Å². The number of benzene rings is 1. The summed E-state index contributed by atoms with van der Waals surface area (Å²) in [6.07, 6.45) is 3.29. The minimum absolute atomic E-state index is 0.0400. The second-order valence-electron chi connectivity index (χ2n) is 5.76. The summed E-state index contributed by atoms with van der Waals surface area (Å²) in [7, 11) is 0. The van der Waals surface area contributed by atoms with Gasteiger partial charge in [-0.15, -0.1) is 11.6 Å². The first-order valence-electron chi connectivity index (χ1n) is 8.40. The molecule has 0 unspecified atom stereocenters. The van der Waals surface area contributed by atoms with Crippen LogP contribution in [0.15, 0.2) is 33.5 Å². The van der Waals surface area contributed by atoms with Crippen molar-refractivity contribution in [1.29, 1.82) is 0 Å². The molecule has 26 heavy (non-hydrogen) atoms. The molecule has 0 aliphatic carbocycles. The molecule has 0 aliphatic rings. The Hall–Kier alpha value is -2.54. The second kappa shape index (κ2) is 9.82. The molecule has 0 bridgehead atoms. The molecular weight excluding hydrogens is 360 g/mol. The number of carbonyl (C=O) groups excluding carboxylic acids is 2. The molecule has 1 aromatic carbocycles. The van der Waals surface area contributed by atoms with Crippen LogP contribution in [0.2, 0.25) is 0 Å². The molecule has 0 atom stereocenters. The fourth-order valence-electron chi connectivity index (χ4n) is 2.50. The lowest BCUT2D eigenvalue weighted by Gasteiger charge is -2.08. The number of hydrogen-bond acceptors (Lipinski definition) is 5. The van der Waals surface area contributed by atoms with Crippen molar-refractivity contribution in [3.8, 4) is 5.75 Å². The summed E-state index contributed by atoms with van der Waals surface area (Å²) in [4.78, 5) is 35.1. The number of nitrogens with one attached hydrogen (secondary N) is 2. The molecule has 0 saturated heterocycles. The van der Waals surface area contributed by atoms with Crippen molar-refractivity contribution in [3.63, 3.8) is 0 Å². The van der Waals surface area contributed by atoms with E-state index in [1.54, 1.807) is 24.3 Å². The SMILES string of the molecule is O=C(CCl)NCCCCCCNC(=O)c1c(O)c2ccccc2oc1=O. The molecule has 2 rings (SSSR count). The molecule has 0 saturated carbocycles. The Bertz CT molecular complexity index is 834. The molecule has 0 radical (unpaired) electrons. The van der Waals surface area contributed by atoms with Crippen LogP contribution < -0.4 is 16.3 Å². The van der Waals surface area contributed by atoms with E-state index in [1.807, 2.05) is 0 Å². The fraction of sp³-hybridized carbons (Fsp3) is 0.389. The quantitative estimate of drug-likeness (QED) is 0.351. The van der Waals surface area contributed by atoms with Gasteiger partial charge in [-0.1, -0.05) is 25.0 Å². The average Bonchev–Trinajstić information content (AvgIpc) is 2.63. The van der Waals surface area contributed by atoms with Gasteiger partial charge in [-0.3, -0.25) is 9.59 Å². The molecule has 0 spiro atoms. The van der Waals surface area contributed by atoms with E-state index in [9.17, 15) is 19.5 Å². The molecule has 0 aliphatic heterocycles. The van der Waals surface area contributed by atoms with Crippen LogP contribution in [-0.2, 0) is 4.79 Å². The molecule has 2 aromatic rings. The maximum Gasteiger partial charge on any atom is 0.353 e. The monoisotopic (exact) mass is 380 g/mol. The van der Waals surface area contributed by atoms with Gasteiger partial charge in [0, 0.05) is 13.1 Å². The Balaban J connectivity index is 1.79. The van der Waals surface area contributed by atoms with Gasteiger partial charge in [-0.05, 0) is 25.0 Å². The van der Waals surface area contributed by atoms with Crippen LogP contribution in [0, 0.1) is 0 Å². The predicted molar refractivity (Wildman–Crippen MR) is 98.7 cm³/mol. The number of carbonyl (C=O) groups is 2. The molecular formula is C18H21ClN2O5. The summed E-state index contributed by atoms with van der Waals surface area (Å²) in [6, 6.07) is 6.48. The van der Waals surface area contributed by atoms with Crippen LogP contribution in [0.25, 0.3) is 11.0 Å². The van der Waals surface area contributed by atoms with Gasteiger partial charge < -0.3 is 20.2 Å². The molecule has 8 heteroatoms. The number of fused-ring (bicyclic) bond motifs is 1. The Morgan fingerprint density at radius 2 is 1.69 bits per heavy atom. The predicted octanol–water partition coefficient (Wildman–Crippen LogP) is 2.14. The summed E-state index contributed by atoms with van der Waals surface area (Å²) in [5.74, 6) is -1.25. The highest BCUT2D eigenvalue weighted by molar-refractivity contribution is 6.27.